The number of fused-ring (bicyclic) bond motifs is 1. The first-order valence-electron chi connectivity index (χ1n) is 11.9. The maximum Gasteiger partial charge on any atom is 0.413 e. The molecule has 0 saturated carbocycles. The number of likely N-dealkylation sites (N-methyl/N-ethyl adjacent to an activating group) is 1. The number of carbonyl (C=O) groups is 3. The lowest BCUT2D eigenvalue weighted by Crippen LogP contribution is -2.35. The third kappa shape index (κ3) is 5.46. The molecule has 1 saturated heterocycles. The fourth-order valence-electron chi connectivity index (χ4n) is 4.47. The zero-order chi connectivity index (χ0) is 25.9. The Morgan fingerprint density at radius 3 is 2.36 bits per heavy atom. The number of amides is 3. The monoisotopic (exact) mass is 534 g/mol. The van der Waals surface area contributed by atoms with Crippen LogP contribution >= 0.6 is 11.3 Å². The van der Waals surface area contributed by atoms with E-state index in [0.717, 1.165) is 42.8 Å². The molecule has 4 rings (SSSR count). The summed E-state index contributed by atoms with van der Waals surface area (Å²) in [7, 11) is -2.43. The number of carbonyl (C=O) groups excluding carboxylic acids is 3. The molecule has 1 fully saturated rings. The number of nitrogens with zero attached hydrogens (tertiary/aromatic N) is 2. The van der Waals surface area contributed by atoms with E-state index in [0.29, 0.717) is 31.1 Å². The van der Waals surface area contributed by atoms with Gasteiger partial charge in [0.05, 0.1) is 17.6 Å². The van der Waals surface area contributed by atoms with Crippen LogP contribution in [0.25, 0.3) is 0 Å². The molecule has 3 heterocycles. The molecule has 12 heteroatoms. The lowest BCUT2D eigenvalue weighted by Gasteiger charge is -2.25. The molecular formula is C24H30N4O6S2. The van der Waals surface area contributed by atoms with Gasteiger partial charge in [-0.2, -0.15) is 4.31 Å². The Labute approximate surface area is 214 Å². The van der Waals surface area contributed by atoms with Crippen molar-refractivity contribution in [3.05, 3.63) is 45.8 Å². The molecule has 1 aromatic carbocycles. The van der Waals surface area contributed by atoms with Gasteiger partial charge in [0.2, 0.25) is 10.0 Å². The van der Waals surface area contributed by atoms with Crippen molar-refractivity contribution >= 4 is 44.3 Å². The molecule has 1 aromatic heterocycles. The second-order valence-electron chi connectivity index (χ2n) is 8.72. The molecule has 0 bridgehead atoms. The van der Waals surface area contributed by atoms with Crippen LogP contribution in [-0.4, -0.2) is 68.8 Å². The molecule has 0 aliphatic carbocycles. The molecule has 0 unspecified atom stereocenters. The van der Waals surface area contributed by atoms with Gasteiger partial charge in [0, 0.05) is 36.6 Å². The van der Waals surface area contributed by atoms with E-state index < -0.39 is 27.9 Å². The minimum Gasteiger partial charge on any atom is -0.453 e. The fraction of sp³-hybridized carbons (Fsp3) is 0.458. The van der Waals surface area contributed by atoms with Gasteiger partial charge in [-0.1, -0.05) is 13.3 Å². The average Bonchev–Trinajstić information content (AvgIpc) is 3.25. The van der Waals surface area contributed by atoms with Gasteiger partial charge in [-0.25, -0.2) is 13.2 Å². The lowest BCUT2D eigenvalue weighted by molar-refractivity contribution is 0.0936. The van der Waals surface area contributed by atoms with Crippen molar-refractivity contribution in [2.45, 2.75) is 44.0 Å². The number of hydrogen-bond donors (Lipinski definition) is 2. The Morgan fingerprint density at radius 2 is 1.72 bits per heavy atom. The van der Waals surface area contributed by atoms with Gasteiger partial charge < -0.3 is 10.1 Å². The molecule has 2 aliphatic heterocycles. The summed E-state index contributed by atoms with van der Waals surface area (Å²) in [5.41, 5.74) is 1.33. The highest BCUT2D eigenvalue weighted by atomic mass is 32.2. The number of imide groups is 1. The SMILES string of the molecule is CCN1CCc2c(sc(NC(=O)c3ccc(S(=O)(=O)N4CCCCC4)cc3)c2C(=O)NC(=O)OC)C1. The van der Waals surface area contributed by atoms with Gasteiger partial charge in [-0.15, -0.1) is 11.3 Å². The Kier molecular flexibility index (Phi) is 8.08. The zero-order valence-electron chi connectivity index (χ0n) is 20.3. The number of thiophene rings is 1. The topological polar surface area (TPSA) is 125 Å². The minimum absolute atomic E-state index is 0.144. The largest absolute Gasteiger partial charge is 0.453 e. The summed E-state index contributed by atoms with van der Waals surface area (Å²) < 4.78 is 31.8. The van der Waals surface area contributed by atoms with Crippen LogP contribution in [-0.2, 0) is 27.7 Å². The third-order valence-corrected chi connectivity index (χ3v) is 9.55. The second-order valence-corrected chi connectivity index (χ2v) is 11.8. The van der Waals surface area contributed by atoms with E-state index in [-0.39, 0.29) is 16.0 Å². The van der Waals surface area contributed by atoms with E-state index in [4.69, 9.17) is 0 Å². The van der Waals surface area contributed by atoms with Crippen molar-refractivity contribution in [3.8, 4) is 0 Å². The number of sulfonamides is 1. The Bertz CT molecular complexity index is 1250. The number of hydrogen-bond acceptors (Lipinski definition) is 8. The average molecular weight is 535 g/mol. The summed E-state index contributed by atoms with van der Waals surface area (Å²) in [6.45, 7) is 5.32. The predicted octanol–water partition coefficient (Wildman–Crippen LogP) is 3.05. The van der Waals surface area contributed by atoms with Crippen LogP contribution in [0.4, 0.5) is 9.80 Å². The van der Waals surface area contributed by atoms with Crippen LogP contribution in [0.2, 0.25) is 0 Å². The molecule has 3 amide bonds. The highest BCUT2D eigenvalue weighted by molar-refractivity contribution is 7.89. The standard InChI is InChI=1S/C24H30N4O6S2/c1-3-27-14-11-18-19(15-27)35-23(20(18)22(30)26-24(31)34-2)25-21(29)16-7-9-17(10-8-16)36(32,33)28-12-5-4-6-13-28/h7-10H,3-6,11-15H2,1-2H3,(H,25,29)(H,26,30,31). The van der Waals surface area contributed by atoms with Crippen LogP contribution in [0, 0.1) is 0 Å². The number of rotatable bonds is 6. The van der Waals surface area contributed by atoms with Crippen molar-refractivity contribution < 1.29 is 27.5 Å². The van der Waals surface area contributed by atoms with Crippen LogP contribution in [0.3, 0.4) is 0 Å². The number of methoxy groups -OCH3 is 1. The van der Waals surface area contributed by atoms with E-state index in [9.17, 15) is 22.8 Å². The highest BCUT2D eigenvalue weighted by Crippen LogP contribution is 2.37. The van der Waals surface area contributed by atoms with Crippen LogP contribution in [0.15, 0.2) is 29.2 Å². The Morgan fingerprint density at radius 1 is 1.03 bits per heavy atom. The van der Waals surface area contributed by atoms with Gasteiger partial charge in [0.25, 0.3) is 11.8 Å². The van der Waals surface area contributed by atoms with Gasteiger partial charge in [-0.3, -0.25) is 19.8 Å². The molecule has 2 N–H and O–H groups in total. The molecule has 0 atom stereocenters. The van der Waals surface area contributed by atoms with E-state index in [2.05, 4.69) is 27.2 Å². The maximum absolute atomic E-state index is 13.1. The summed E-state index contributed by atoms with van der Waals surface area (Å²) in [5.74, 6) is -1.11. The summed E-state index contributed by atoms with van der Waals surface area (Å²) in [5, 5.41) is 5.33. The van der Waals surface area contributed by atoms with Crippen molar-refractivity contribution in [2.75, 3.05) is 38.6 Å². The molecule has 10 nitrogen and oxygen atoms in total. The molecule has 2 aliphatic rings. The maximum atomic E-state index is 13.1. The van der Waals surface area contributed by atoms with Gasteiger partial charge >= 0.3 is 6.09 Å². The molecule has 2 aromatic rings. The first-order valence-corrected chi connectivity index (χ1v) is 14.2. The van der Waals surface area contributed by atoms with E-state index in [1.54, 1.807) is 0 Å². The van der Waals surface area contributed by atoms with Crippen molar-refractivity contribution in [1.82, 2.24) is 14.5 Å². The van der Waals surface area contributed by atoms with Gasteiger partial charge in [0.15, 0.2) is 0 Å². The van der Waals surface area contributed by atoms with Crippen LogP contribution in [0.1, 0.15) is 57.3 Å². The Hall–Kier alpha value is -2.80. The summed E-state index contributed by atoms with van der Waals surface area (Å²) >= 11 is 1.30. The first-order chi connectivity index (χ1) is 17.2. The van der Waals surface area contributed by atoms with Gasteiger partial charge in [-0.05, 0) is 55.6 Å². The number of anilines is 1. The molecule has 194 valence electrons. The predicted molar refractivity (Wildman–Crippen MR) is 136 cm³/mol. The number of piperidine rings is 1. The summed E-state index contributed by atoms with van der Waals surface area (Å²) in [6, 6.07) is 5.80. The fourth-order valence-corrected chi connectivity index (χ4v) is 7.27. The normalized spacial score (nSPS) is 16.7. The van der Waals surface area contributed by atoms with E-state index in [1.165, 1.54) is 47.0 Å². The number of nitrogens with one attached hydrogen (secondary N) is 2. The van der Waals surface area contributed by atoms with Crippen LogP contribution < -0.4 is 10.6 Å². The molecule has 0 radical (unpaired) electrons. The van der Waals surface area contributed by atoms with Gasteiger partial charge in [0.1, 0.15) is 5.00 Å². The van der Waals surface area contributed by atoms with E-state index >= 15 is 0 Å². The summed E-state index contributed by atoms with van der Waals surface area (Å²) in [6.07, 6.45) is 2.43. The lowest BCUT2D eigenvalue weighted by atomic mass is 10.0. The molecule has 36 heavy (non-hydrogen) atoms. The molecular weight excluding hydrogens is 504 g/mol. The van der Waals surface area contributed by atoms with E-state index in [1.807, 2.05) is 0 Å². The number of ether oxygens (including phenoxy) is 1. The smallest absolute Gasteiger partial charge is 0.413 e. The first kappa shape index (κ1) is 26.3. The van der Waals surface area contributed by atoms with Crippen LogP contribution in [0.5, 0.6) is 0 Å². The van der Waals surface area contributed by atoms with Crippen molar-refractivity contribution in [2.24, 2.45) is 0 Å². The number of benzene rings is 1. The second kappa shape index (κ2) is 11.1. The van der Waals surface area contributed by atoms with Crippen molar-refractivity contribution in [3.63, 3.8) is 0 Å². The van der Waals surface area contributed by atoms with Crippen molar-refractivity contribution in [1.29, 1.82) is 0 Å². The highest BCUT2D eigenvalue weighted by Gasteiger charge is 2.30. The minimum atomic E-state index is -3.60. The quantitative estimate of drug-likeness (QED) is 0.584. The Balaban J connectivity index is 1.57. The molecule has 0 spiro atoms. The zero-order valence-corrected chi connectivity index (χ0v) is 22.0. The third-order valence-electron chi connectivity index (χ3n) is 6.51. The number of alkyl carbamates (subject to hydrolysis) is 1. The summed E-state index contributed by atoms with van der Waals surface area (Å²) in [4.78, 5) is 41.0.